The van der Waals surface area contributed by atoms with Crippen LogP contribution in [-0.2, 0) is 0 Å². The van der Waals surface area contributed by atoms with Gasteiger partial charge in [0.05, 0.1) is 15.4 Å². The summed E-state index contributed by atoms with van der Waals surface area (Å²) in [6, 6.07) is 7.88. The van der Waals surface area contributed by atoms with Gasteiger partial charge in [-0.15, -0.1) is 11.3 Å². The standard InChI is InChI=1S/C14H10Cl2N2S/c1-7-5-9-12(10(15)6-7)17-14(18-13(9)16)11-4-3-8(2)19-11/h3-6H,1-2H3. The molecule has 0 bridgehead atoms. The minimum atomic E-state index is 0.441. The van der Waals surface area contributed by atoms with Crippen molar-refractivity contribution in [2.24, 2.45) is 0 Å². The van der Waals surface area contributed by atoms with E-state index in [1.165, 1.54) is 4.88 Å². The van der Waals surface area contributed by atoms with Gasteiger partial charge in [0.2, 0.25) is 0 Å². The predicted molar refractivity (Wildman–Crippen MR) is 82.3 cm³/mol. The molecule has 2 heterocycles. The van der Waals surface area contributed by atoms with Crippen molar-refractivity contribution in [2.45, 2.75) is 13.8 Å². The summed E-state index contributed by atoms with van der Waals surface area (Å²) < 4.78 is 0. The monoisotopic (exact) mass is 308 g/mol. The molecule has 0 fully saturated rings. The summed E-state index contributed by atoms with van der Waals surface area (Å²) in [5.74, 6) is 0.626. The maximum Gasteiger partial charge on any atom is 0.171 e. The molecule has 0 saturated carbocycles. The highest BCUT2D eigenvalue weighted by Crippen LogP contribution is 2.32. The minimum Gasteiger partial charge on any atom is -0.226 e. The quantitative estimate of drug-likeness (QED) is 0.571. The van der Waals surface area contributed by atoms with Gasteiger partial charge >= 0.3 is 0 Å². The summed E-state index contributed by atoms with van der Waals surface area (Å²) in [5, 5.41) is 1.84. The molecule has 0 saturated heterocycles. The molecule has 5 heteroatoms. The second-order valence-electron chi connectivity index (χ2n) is 4.39. The van der Waals surface area contributed by atoms with E-state index in [1.54, 1.807) is 11.3 Å². The van der Waals surface area contributed by atoms with E-state index in [1.807, 2.05) is 38.1 Å². The van der Waals surface area contributed by atoms with Crippen LogP contribution in [0.4, 0.5) is 0 Å². The smallest absolute Gasteiger partial charge is 0.171 e. The van der Waals surface area contributed by atoms with E-state index in [0.29, 0.717) is 21.5 Å². The van der Waals surface area contributed by atoms with E-state index in [2.05, 4.69) is 9.97 Å². The molecule has 0 radical (unpaired) electrons. The number of fused-ring (bicyclic) bond motifs is 1. The van der Waals surface area contributed by atoms with Gasteiger partial charge in [0.15, 0.2) is 5.82 Å². The number of benzene rings is 1. The highest BCUT2D eigenvalue weighted by atomic mass is 35.5. The van der Waals surface area contributed by atoms with Crippen molar-refractivity contribution < 1.29 is 0 Å². The first-order chi connectivity index (χ1) is 9.04. The fourth-order valence-corrected chi connectivity index (χ4v) is 3.30. The van der Waals surface area contributed by atoms with E-state index >= 15 is 0 Å². The zero-order chi connectivity index (χ0) is 13.6. The molecule has 3 aromatic rings. The van der Waals surface area contributed by atoms with Crippen molar-refractivity contribution >= 4 is 45.4 Å². The van der Waals surface area contributed by atoms with E-state index in [9.17, 15) is 0 Å². The maximum atomic E-state index is 6.26. The van der Waals surface area contributed by atoms with E-state index in [4.69, 9.17) is 23.2 Å². The van der Waals surface area contributed by atoms with Crippen LogP contribution in [0.2, 0.25) is 10.2 Å². The zero-order valence-corrected chi connectivity index (χ0v) is 12.7. The number of thiophene rings is 1. The number of hydrogen-bond donors (Lipinski definition) is 0. The van der Waals surface area contributed by atoms with Crippen LogP contribution in [-0.4, -0.2) is 9.97 Å². The molecular weight excluding hydrogens is 299 g/mol. The average Bonchev–Trinajstić information content (AvgIpc) is 2.77. The van der Waals surface area contributed by atoms with Crippen molar-refractivity contribution in [3.8, 4) is 10.7 Å². The van der Waals surface area contributed by atoms with Gasteiger partial charge in [-0.3, -0.25) is 0 Å². The van der Waals surface area contributed by atoms with Gasteiger partial charge in [0, 0.05) is 10.3 Å². The minimum absolute atomic E-state index is 0.441. The summed E-state index contributed by atoms with van der Waals surface area (Å²) in [6.45, 7) is 4.02. The predicted octanol–water partition coefficient (Wildman–Crippen LogP) is 5.28. The van der Waals surface area contributed by atoms with E-state index in [0.717, 1.165) is 15.8 Å². The molecule has 19 heavy (non-hydrogen) atoms. The van der Waals surface area contributed by atoms with Gasteiger partial charge < -0.3 is 0 Å². The third kappa shape index (κ3) is 2.34. The third-order valence-corrected chi connectivity index (χ3v) is 4.39. The Labute approximate surface area is 125 Å². The lowest BCUT2D eigenvalue weighted by Gasteiger charge is -2.06. The first-order valence-electron chi connectivity index (χ1n) is 5.75. The molecular formula is C14H10Cl2N2S. The fourth-order valence-electron chi connectivity index (χ4n) is 1.95. The highest BCUT2D eigenvalue weighted by molar-refractivity contribution is 7.15. The van der Waals surface area contributed by atoms with Crippen LogP contribution in [0.25, 0.3) is 21.6 Å². The number of aryl methyl sites for hydroxylation is 2. The van der Waals surface area contributed by atoms with Crippen LogP contribution in [0.1, 0.15) is 10.4 Å². The normalized spacial score (nSPS) is 11.2. The molecule has 0 unspecified atom stereocenters. The molecule has 1 aromatic carbocycles. The number of hydrogen-bond acceptors (Lipinski definition) is 3. The lowest BCUT2D eigenvalue weighted by atomic mass is 10.1. The lowest BCUT2D eigenvalue weighted by Crippen LogP contribution is -1.91. The van der Waals surface area contributed by atoms with Gasteiger partial charge in [0.25, 0.3) is 0 Å². The highest BCUT2D eigenvalue weighted by Gasteiger charge is 2.12. The molecule has 96 valence electrons. The number of nitrogens with zero attached hydrogens (tertiary/aromatic N) is 2. The van der Waals surface area contributed by atoms with Gasteiger partial charge in [-0.1, -0.05) is 23.2 Å². The SMILES string of the molecule is Cc1cc(Cl)c2nc(-c3ccc(C)s3)nc(Cl)c2c1. The van der Waals surface area contributed by atoms with Gasteiger partial charge in [-0.2, -0.15) is 0 Å². The fraction of sp³-hybridized carbons (Fsp3) is 0.143. The first-order valence-corrected chi connectivity index (χ1v) is 7.32. The Bertz CT molecular complexity index is 780. The molecule has 0 aliphatic carbocycles. The number of aromatic nitrogens is 2. The lowest BCUT2D eigenvalue weighted by molar-refractivity contribution is 1.24. The van der Waals surface area contributed by atoms with Crippen LogP contribution in [0.3, 0.4) is 0 Å². The van der Waals surface area contributed by atoms with Crippen LogP contribution in [0.5, 0.6) is 0 Å². The van der Waals surface area contributed by atoms with Gasteiger partial charge in [-0.05, 0) is 43.7 Å². The Morgan fingerprint density at radius 3 is 2.53 bits per heavy atom. The van der Waals surface area contributed by atoms with Crippen molar-refractivity contribution in [3.63, 3.8) is 0 Å². The number of halogens is 2. The second-order valence-corrected chi connectivity index (χ2v) is 6.44. The van der Waals surface area contributed by atoms with Crippen LogP contribution >= 0.6 is 34.5 Å². The Morgan fingerprint density at radius 1 is 1.05 bits per heavy atom. The molecule has 0 aliphatic heterocycles. The van der Waals surface area contributed by atoms with Crippen molar-refractivity contribution in [1.29, 1.82) is 0 Å². The molecule has 0 aliphatic rings. The topological polar surface area (TPSA) is 25.8 Å². The molecule has 2 nitrogen and oxygen atoms in total. The van der Waals surface area contributed by atoms with E-state index < -0.39 is 0 Å². The first kappa shape index (κ1) is 12.9. The van der Waals surface area contributed by atoms with Crippen LogP contribution in [0, 0.1) is 13.8 Å². The summed E-state index contributed by atoms with van der Waals surface area (Å²) in [7, 11) is 0. The average molecular weight is 309 g/mol. The summed E-state index contributed by atoms with van der Waals surface area (Å²) in [4.78, 5) is 11.1. The molecule has 0 amide bonds. The second kappa shape index (κ2) is 4.75. The maximum absolute atomic E-state index is 6.26. The van der Waals surface area contributed by atoms with Crippen LogP contribution in [0.15, 0.2) is 24.3 Å². The summed E-state index contributed by atoms with van der Waals surface area (Å²) in [6.07, 6.45) is 0. The van der Waals surface area contributed by atoms with E-state index in [-0.39, 0.29) is 0 Å². The van der Waals surface area contributed by atoms with Crippen molar-refractivity contribution in [2.75, 3.05) is 0 Å². The summed E-state index contributed by atoms with van der Waals surface area (Å²) >= 11 is 14.2. The zero-order valence-electron chi connectivity index (χ0n) is 10.4. The number of rotatable bonds is 1. The Kier molecular flexibility index (Phi) is 3.21. The molecule has 0 atom stereocenters. The largest absolute Gasteiger partial charge is 0.226 e. The Morgan fingerprint density at radius 2 is 1.84 bits per heavy atom. The van der Waals surface area contributed by atoms with Crippen molar-refractivity contribution in [1.82, 2.24) is 9.97 Å². The summed E-state index contributed by atoms with van der Waals surface area (Å²) in [5.41, 5.74) is 1.75. The van der Waals surface area contributed by atoms with Crippen LogP contribution < -0.4 is 0 Å². The molecule has 2 aromatic heterocycles. The van der Waals surface area contributed by atoms with Gasteiger partial charge in [0.1, 0.15) is 5.15 Å². The Hall–Kier alpha value is -1.16. The van der Waals surface area contributed by atoms with Crippen molar-refractivity contribution in [3.05, 3.63) is 44.9 Å². The molecule has 3 rings (SSSR count). The van der Waals surface area contributed by atoms with Gasteiger partial charge in [-0.25, -0.2) is 9.97 Å². The molecule has 0 N–H and O–H groups in total. The molecule has 0 spiro atoms. The Balaban J connectivity index is 2.30. The third-order valence-electron chi connectivity index (χ3n) is 2.81.